The largest absolute Gasteiger partial charge is 0.369 e. The van der Waals surface area contributed by atoms with Gasteiger partial charge < -0.3 is 10.2 Å². The Morgan fingerprint density at radius 2 is 1.88 bits per heavy atom. The molecule has 32 heavy (non-hydrogen) atoms. The molecule has 1 fully saturated rings. The number of hydrogen-bond donors (Lipinski definition) is 1. The molecule has 0 atom stereocenters. The number of aromatic nitrogens is 3. The highest BCUT2D eigenvalue weighted by Crippen LogP contribution is 2.21. The molecule has 0 radical (unpaired) electrons. The molecule has 0 saturated carbocycles. The van der Waals surface area contributed by atoms with Crippen LogP contribution < -0.4 is 10.2 Å². The van der Waals surface area contributed by atoms with E-state index in [2.05, 4.69) is 56.5 Å². The summed E-state index contributed by atoms with van der Waals surface area (Å²) in [7, 11) is 0. The Bertz CT molecular complexity index is 1050. The molecule has 9 heteroatoms. The zero-order valence-electron chi connectivity index (χ0n) is 18.1. The van der Waals surface area contributed by atoms with Crippen molar-refractivity contribution in [1.82, 2.24) is 25.0 Å². The lowest BCUT2D eigenvalue weighted by Gasteiger charge is -2.36. The highest BCUT2D eigenvalue weighted by molar-refractivity contribution is 7.99. The zero-order chi connectivity index (χ0) is 22.3. The average molecular weight is 471 g/mol. The second-order valence-electron chi connectivity index (χ2n) is 7.77. The van der Waals surface area contributed by atoms with E-state index in [1.165, 1.54) is 23.0 Å². The number of carbonyl (C=O) groups is 1. The Labute approximate surface area is 197 Å². The molecule has 7 nitrogen and oxygen atoms in total. The fourth-order valence-electron chi connectivity index (χ4n) is 3.71. The molecule has 0 unspecified atom stereocenters. The minimum absolute atomic E-state index is 0.00552. The number of carbonyl (C=O) groups excluding carboxylic acids is 1. The fraction of sp³-hybridized carbons (Fsp3) is 0.348. The monoisotopic (exact) mass is 470 g/mol. The van der Waals surface area contributed by atoms with E-state index in [0.717, 1.165) is 38.4 Å². The van der Waals surface area contributed by atoms with Gasteiger partial charge in [0.15, 0.2) is 5.16 Å². The second kappa shape index (κ2) is 10.8. The lowest BCUT2D eigenvalue weighted by Crippen LogP contribution is -2.48. The predicted octanol–water partition coefficient (Wildman–Crippen LogP) is 3.26. The molecule has 1 aliphatic heterocycles. The molecular formula is C23H27ClN6OS. The van der Waals surface area contributed by atoms with E-state index in [0.29, 0.717) is 22.5 Å². The standard InChI is InChI=1S/C23H27ClN6OS/c1-18-4-2-6-20(14-18)29-12-10-28(11-13-29)9-8-25-22(31)16-32-23-27-26-17-30(23)21-7-3-5-19(24)15-21/h2-7,14-15,17H,8-13,16H2,1H3,(H,25,31). The fourth-order valence-corrected chi connectivity index (χ4v) is 4.66. The summed E-state index contributed by atoms with van der Waals surface area (Å²) in [5.74, 6) is 0.287. The third-order valence-electron chi connectivity index (χ3n) is 5.42. The van der Waals surface area contributed by atoms with Crippen LogP contribution in [0.25, 0.3) is 5.69 Å². The smallest absolute Gasteiger partial charge is 0.230 e. The molecule has 1 aliphatic rings. The number of halogens is 1. The summed E-state index contributed by atoms with van der Waals surface area (Å²) < 4.78 is 1.83. The SMILES string of the molecule is Cc1cccc(N2CCN(CCNC(=O)CSc3nncn3-c3cccc(Cl)c3)CC2)c1. The first-order chi connectivity index (χ1) is 15.6. The Balaban J connectivity index is 1.17. The van der Waals surface area contributed by atoms with E-state index < -0.39 is 0 Å². The van der Waals surface area contributed by atoms with Gasteiger partial charge in [0.1, 0.15) is 6.33 Å². The number of rotatable bonds is 8. The van der Waals surface area contributed by atoms with Crippen LogP contribution in [0, 0.1) is 6.92 Å². The summed E-state index contributed by atoms with van der Waals surface area (Å²) in [5.41, 5.74) is 3.45. The average Bonchev–Trinajstić information content (AvgIpc) is 3.27. The molecule has 168 valence electrons. The first kappa shape index (κ1) is 22.6. The van der Waals surface area contributed by atoms with Crippen molar-refractivity contribution in [2.24, 2.45) is 0 Å². The van der Waals surface area contributed by atoms with Crippen LogP contribution in [-0.4, -0.2) is 70.6 Å². The topological polar surface area (TPSA) is 66.3 Å². The number of nitrogens with zero attached hydrogens (tertiary/aromatic N) is 5. The number of nitrogens with one attached hydrogen (secondary N) is 1. The highest BCUT2D eigenvalue weighted by Gasteiger charge is 2.17. The maximum atomic E-state index is 12.3. The number of anilines is 1. The molecule has 4 rings (SSSR count). The first-order valence-electron chi connectivity index (χ1n) is 10.7. The number of benzene rings is 2. The summed E-state index contributed by atoms with van der Waals surface area (Å²) in [6, 6.07) is 16.1. The molecule has 1 amide bonds. The van der Waals surface area contributed by atoms with Crippen LogP contribution in [0.3, 0.4) is 0 Å². The van der Waals surface area contributed by atoms with E-state index >= 15 is 0 Å². The Morgan fingerprint density at radius 3 is 2.66 bits per heavy atom. The zero-order valence-corrected chi connectivity index (χ0v) is 19.6. The lowest BCUT2D eigenvalue weighted by molar-refractivity contribution is -0.118. The Hall–Kier alpha value is -2.55. The van der Waals surface area contributed by atoms with Gasteiger partial charge in [0.2, 0.25) is 5.91 Å². The minimum Gasteiger partial charge on any atom is -0.369 e. The van der Waals surface area contributed by atoms with Gasteiger partial charge in [0.05, 0.1) is 11.4 Å². The van der Waals surface area contributed by atoms with Crippen LogP contribution in [0.4, 0.5) is 5.69 Å². The van der Waals surface area contributed by atoms with Crippen molar-refractivity contribution in [3.8, 4) is 5.69 Å². The lowest BCUT2D eigenvalue weighted by atomic mass is 10.2. The third kappa shape index (κ3) is 6.03. The number of thioether (sulfide) groups is 1. The molecule has 1 saturated heterocycles. The minimum atomic E-state index is -0.00552. The van der Waals surface area contributed by atoms with Gasteiger partial charge in [-0.25, -0.2) is 0 Å². The summed E-state index contributed by atoms with van der Waals surface area (Å²) in [4.78, 5) is 17.1. The molecule has 0 bridgehead atoms. The maximum Gasteiger partial charge on any atom is 0.230 e. The van der Waals surface area contributed by atoms with Crippen LogP contribution in [0.2, 0.25) is 5.02 Å². The molecule has 1 N–H and O–H groups in total. The van der Waals surface area contributed by atoms with Crippen molar-refractivity contribution in [3.63, 3.8) is 0 Å². The van der Waals surface area contributed by atoms with Gasteiger partial charge in [0, 0.05) is 50.0 Å². The first-order valence-corrected chi connectivity index (χ1v) is 12.0. The number of piperazine rings is 1. The number of aryl methyl sites for hydroxylation is 1. The van der Waals surface area contributed by atoms with Gasteiger partial charge in [-0.2, -0.15) is 0 Å². The number of hydrogen-bond acceptors (Lipinski definition) is 6. The van der Waals surface area contributed by atoms with E-state index in [1.807, 2.05) is 28.8 Å². The van der Waals surface area contributed by atoms with Gasteiger partial charge in [0.25, 0.3) is 0 Å². The van der Waals surface area contributed by atoms with Crippen molar-refractivity contribution in [2.75, 3.05) is 49.9 Å². The van der Waals surface area contributed by atoms with Crippen molar-refractivity contribution >= 4 is 35.0 Å². The number of amides is 1. The van der Waals surface area contributed by atoms with Crippen LogP contribution in [0.5, 0.6) is 0 Å². The molecule has 2 heterocycles. The second-order valence-corrected chi connectivity index (χ2v) is 9.15. The summed E-state index contributed by atoms with van der Waals surface area (Å²) in [6.45, 7) is 7.64. The van der Waals surface area contributed by atoms with Crippen LogP contribution in [-0.2, 0) is 4.79 Å². The molecule has 3 aromatic rings. The van der Waals surface area contributed by atoms with Crippen molar-refractivity contribution in [2.45, 2.75) is 12.1 Å². The van der Waals surface area contributed by atoms with E-state index in [-0.39, 0.29) is 5.91 Å². The Morgan fingerprint density at radius 1 is 1.09 bits per heavy atom. The molecular weight excluding hydrogens is 444 g/mol. The quantitative estimate of drug-likeness (QED) is 0.510. The van der Waals surface area contributed by atoms with Crippen molar-refractivity contribution in [3.05, 3.63) is 65.4 Å². The van der Waals surface area contributed by atoms with Gasteiger partial charge in [-0.3, -0.25) is 14.3 Å². The van der Waals surface area contributed by atoms with Crippen LogP contribution in [0.1, 0.15) is 5.56 Å². The summed E-state index contributed by atoms with van der Waals surface area (Å²) in [5, 5.41) is 12.4. The van der Waals surface area contributed by atoms with Crippen LogP contribution >= 0.6 is 23.4 Å². The Kier molecular flexibility index (Phi) is 7.68. The van der Waals surface area contributed by atoms with Gasteiger partial charge in [-0.05, 0) is 42.8 Å². The van der Waals surface area contributed by atoms with Gasteiger partial charge in [-0.1, -0.05) is 41.6 Å². The molecule has 0 aliphatic carbocycles. The molecule has 1 aromatic heterocycles. The highest BCUT2D eigenvalue weighted by atomic mass is 35.5. The normalized spacial score (nSPS) is 14.5. The van der Waals surface area contributed by atoms with Gasteiger partial charge >= 0.3 is 0 Å². The van der Waals surface area contributed by atoms with Crippen molar-refractivity contribution < 1.29 is 4.79 Å². The van der Waals surface area contributed by atoms with Crippen molar-refractivity contribution in [1.29, 1.82) is 0 Å². The summed E-state index contributed by atoms with van der Waals surface area (Å²) in [6.07, 6.45) is 1.63. The predicted molar refractivity (Wildman–Crippen MR) is 130 cm³/mol. The summed E-state index contributed by atoms with van der Waals surface area (Å²) >= 11 is 7.44. The third-order valence-corrected chi connectivity index (χ3v) is 6.60. The molecule has 2 aromatic carbocycles. The van der Waals surface area contributed by atoms with Gasteiger partial charge in [-0.15, -0.1) is 10.2 Å². The maximum absolute atomic E-state index is 12.3. The van der Waals surface area contributed by atoms with E-state index in [1.54, 1.807) is 6.33 Å². The molecule has 0 spiro atoms. The van der Waals surface area contributed by atoms with Crippen LogP contribution in [0.15, 0.2) is 60.0 Å². The van der Waals surface area contributed by atoms with E-state index in [4.69, 9.17) is 11.6 Å². The van der Waals surface area contributed by atoms with E-state index in [9.17, 15) is 4.79 Å².